The van der Waals surface area contributed by atoms with Gasteiger partial charge in [-0.1, -0.05) is 22.0 Å². The summed E-state index contributed by atoms with van der Waals surface area (Å²) in [7, 11) is 0. The lowest BCUT2D eigenvalue weighted by molar-refractivity contribution is 0.102. The van der Waals surface area contributed by atoms with Crippen molar-refractivity contribution in [2.75, 3.05) is 5.32 Å². The monoisotopic (exact) mass is 309 g/mol. The normalized spacial score (nSPS) is 10.3. The van der Waals surface area contributed by atoms with Crippen LogP contribution in [0.5, 0.6) is 0 Å². The summed E-state index contributed by atoms with van der Waals surface area (Å²) in [6.07, 6.45) is 0. The molecule has 1 aromatic carbocycles. The molecule has 0 fully saturated rings. The van der Waals surface area contributed by atoms with Gasteiger partial charge in [0.05, 0.1) is 5.56 Å². The zero-order chi connectivity index (χ0) is 12.4. The predicted octanol–water partition coefficient (Wildman–Crippen LogP) is 4.38. The number of carbonyl (C=O) groups is 1. The molecule has 1 heterocycles. The summed E-state index contributed by atoms with van der Waals surface area (Å²) in [5.74, 6) is -0.0510. The molecule has 0 radical (unpaired) electrons. The minimum absolute atomic E-state index is 0.0510. The van der Waals surface area contributed by atoms with Crippen LogP contribution < -0.4 is 5.32 Å². The molecular weight excluding hydrogens is 298 g/mol. The average Bonchev–Trinajstić information content (AvgIpc) is 2.60. The van der Waals surface area contributed by atoms with E-state index in [2.05, 4.69) is 21.2 Å². The molecule has 0 aliphatic rings. The molecule has 4 heteroatoms. The van der Waals surface area contributed by atoms with Crippen LogP contribution in [0.25, 0.3) is 0 Å². The lowest BCUT2D eigenvalue weighted by Gasteiger charge is -2.05. The number of anilines is 1. The summed E-state index contributed by atoms with van der Waals surface area (Å²) in [4.78, 5) is 13.2. The summed E-state index contributed by atoms with van der Waals surface area (Å²) >= 11 is 4.98. The molecular formula is C13H12BrNOS. The fourth-order valence-electron chi connectivity index (χ4n) is 1.50. The number of hydrogen-bond donors (Lipinski definition) is 1. The predicted molar refractivity (Wildman–Crippen MR) is 75.9 cm³/mol. The Morgan fingerprint density at radius 3 is 2.71 bits per heavy atom. The van der Waals surface area contributed by atoms with Crippen LogP contribution in [0.3, 0.4) is 0 Å². The minimum Gasteiger partial charge on any atom is -0.322 e. The van der Waals surface area contributed by atoms with Gasteiger partial charge in [-0.3, -0.25) is 4.79 Å². The number of amides is 1. The largest absolute Gasteiger partial charge is 0.322 e. The maximum Gasteiger partial charge on any atom is 0.256 e. The van der Waals surface area contributed by atoms with Gasteiger partial charge in [0.1, 0.15) is 0 Å². The number of halogens is 1. The Labute approximate surface area is 113 Å². The summed E-state index contributed by atoms with van der Waals surface area (Å²) in [5, 5.41) is 4.79. The number of rotatable bonds is 2. The van der Waals surface area contributed by atoms with Gasteiger partial charge in [0.25, 0.3) is 5.91 Å². The lowest BCUT2D eigenvalue weighted by atomic mass is 10.1. The van der Waals surface area contributed by atoms with Gasteiger partial charge < -0.3 is 5.32 Å². The van der Waals surface area contributed by atoms with E-state index in [4.69, 9.17) is 0 Å². The highest BCUT2D eigenvalue weighted by molar-refractivity contribution is 9.10. The van der Waals surface area contributed by atoms with Crippen molar-refractivity contribution in [3.8, 4) is 0 Å². The second kappa shape index (κ2) is 5.02. The zero-order valence-corrected chi connectivity index (χ0v) is 12.0. The van der Waals surface area contributed by atoms with Crippen molar-refractivity contribution in [3.63, 3.8) is 0 Å². The molecule has 88 valence electrons. The molecule has 2 nitrogen and oxygen atoms in total. The van der Waals surface area contributed by atoms with E-state index in [1.807, 2.05) is 43.5 Å². The van der Waals surface area contributed by atoms with Crippen LogP contribution in [0.1, 0.15) is 20.8 Å². The van der Waals surface area contributed by atoms with Crippen LogP contribution in [0.15, 0.2) is 34.1 Å². The number of carbonyl (C=O) groups excluding carboxylic acids is 1. The van der Waals surface area contributed by atoms with Crippen molar-refractivity contribution in [1.29, 1.82) is 0 Å². The highest BCUT2D eigenvalue weighted by Crippen LogP contribution is 2.22. The fraction of sp³-hybridized carbons (Fsp3) is 0.154. The molecule has 0 atom stereocenters. The van der Waals surface area contributed by atoms with Crippen molar-refractivity contribution >= 4 is 38.9 Å². The van der Waals surface area contributed by atoms with Gasteiger partial charge in [-0.05, 0) is 37.6 Å². The second-order valence-electron chi connectivity index (χ2n) is 3.80. The van der Waals surface area contributed by atoms with E-state index in [0.717, 1.165) is 21.3 Å². The van der Waals surface area contributed by atoms with E-state index in [9.17, 15) is 4.79 Å². The summed E-state index contributed by atoms with van der Waals surface area (Å²) in [6, 6.07) is 7.57. The van der Waals surface area contributed by atoms with Crippen molar-refractivity contribution in [2.45, 2.75) is 13.8 Å². The van der Waals surface area contributed by atoms with Crippen LogP contribution >= 0.6 is 27.3 Å². The molecule has 17 heavy (non-hydrogen) atoms. The van der Waals surface area contributed by atoms with E-state index in [0.29, 0.717) is 0 Å². The van der Waals surface area contributed by atoms with Crippen LogP contribution in [0.2, 0.25) is 0 Å². The van der Waals surface area contributed by atoms with E-state index >= 15 is 0 Å². The Balaban J connectivity index is 2.20. The van der Waals surface area contributed by atoms with Gasteiger partial charge in [-0.2, -0.15) is 0 Å². The molecule has 1 amide bonds. The number of aryl methyl sites for hydroxylation is 1. The van der Waals surface area contributed by atoms with Crippen LogP contribution in [-0.4, -0.2) is 5.91 Å². The first-order valence-corrected chi connectivity index (χ1v) is 6.87. The molecule has 0 bridgehead atoms. The first kappa shape index (κ1) is 12.3. The van der Waals surface area contributed by atoms with Crippen LogP contribution in [-0.2, 0) is 0 Å². The standard InChI is InChI=1S/C13H12BrNOS/c1-8-9(2)17-7-12(8)13(16)15-11-5-3-4-10(14)6-11/h3-7H,1-2H3,(H,15,16). The van der Waals surface area contributed by atoms with Crippen molar-refractivity contribution in [3.05, 3.63) is 50.1 Å². The van der Waals surface area contributed by atoms with E-state index in [-0.39, 0.29) is 5.91 Å². The first-order valence-electron chi connectivity index (χ1n) is 5.19. The van der Waals surface area contributed by atoms with E-state index < -0.39 is 0 Å². The zero-order valence-electron chi connectivity index (χ0n) is 9.58. The highest BCUT2D eigenvalue weighted by Gasteiger charge is 2.12. The average molecular weight is 310 g/mol. The molecule has 0 unspecified atom stereocenters. The fourth-order valence-corrected chi connectivity index (χ4v) is 2.77. The molecule has 1 aromatic heterocycles. The number of nitrogens with one attached hydrogen (secondary N) is 1. The lowest BCUT2D eigenvalue weighted by Crippen LogP contribution is -2.12. The second-order valence-corrected chi connectivity index (χ2v) is 5.79. The smallest absolute Gasteiger partial charge is 0.256 e. The summed E-state index contributed by atoms with van der Waals surface area (Å²) in [5.41, 5.74) is 2.61. The van der Waals surface area contributed by atoms with E-state index in [1.54, 1.807) is 11.3 Å². The Hall–Kier alpha value is -1.13. The van der Waals surface area contributed by atoms with Crippen molar-refractivity contribution < 1.29 is 4.79 Å². The maximum absolute atomic E-state index is 12.0. The van der Waals surface area contributed by atoms with Gasteiger partial charge in [-0.25, -0.2) is 0 Å². The molecule has 0 spiro atoms. The van der Waals surface area contributed by atoms with Gasteiger partial charge in [0.15, 0.2) is 0 Å². The molecule has 1 N–H and O–H groups in total. The van der Waals surface area contributed by atoms with Crippen molar-refractivity contribution in [2.24, 2.45) is 0 Å². The Morgan fingerprint density at radius 2 is 2.12 bits per heavy atom. The summed E-state index contributed by atoms with van der Waals surface area (Å²) in [6.45, 7) is 4.00. The van der Waals surface area contributed by atoms with Gasteiger partial charge in [0, 0.05) is 20.4 Å². The third-order valence-electron chi connectivity index (χ3n) is 2.61. The minimum atomic E-state index is -0.0510. The van der Waals surface area contributed by atoms with Crippen LogP contribution in [0.4, 0.5) is 5.69 Å². The number of thiophene rings is 1. The topological polar surface area (TPSA) is 29.1 Å². The third kappa shape index (κ3) is 2.76. The summed E-state index contributed by atoms with van der Waals surface area (Å²) < 4.78 is 0.952. The number of hydrogen-bond acceptors (Lipinski definition) is 2. The molecule has 2 rings (SSSR count). The Bertz CT molecular complexity index is 562. The quantitative estimate of drug-likeness (QED) is 0.876. The highest BCUT2D eigenvalue weighted by atomic mass is 79.9. The molecule has 2 aromatic rings. The Kier molecular flexibility index (Phi) is 3.64. The van der Waals surface area contributed by atoms with Crippen LogP contribution in [0, 0.1) is 13.8 Å². The maximum atomic E-state index is 12.0. The van der Waals surface area contributed by atoms with E-state index in [1.165, 1.54) is 4.88 Å². The third-order valence-corrected chi connectivity index (χ3v) is 4.12. The molecule has 0 aliphatic heterocycles. The molecule has 0 aliphatic carbocycles. The molecule has 0 saturated carbocycles. The van der Waals surface area contributed by atoms with Gasteiger partial charge >= 0.3 is 0 Å². The Morgan fingerprint density at radius 1 is 1.35 bits per heavy atom. The SMILES string of the molecule is Cc1scc(C(=O)Nc2cccc(Br)c2)c1C. The number of benzene rings is 1. The van der Waals surface area contributed by atoms with Crippen molar-refractivity contribution in [1.82, 2.24) is 0 Å². The van der Waals surface area contributed by atoms with Gasteiger partial charge in [-0.15, -0.1) is 11.3 Å². The molecule has 0 saturated heterocycles. The first-order chi connectivity index (χ1) is 8.08. The van der Waals surface area contributed by atoms with Gasteiger partial charge in [0.2, 0.25) is 0 Å².